The highest BCUT2D eigenvalue weighted by Crippen LogP contribution is 2.17. The number of nitro groups is 1. The van der Waals surface area contributed by atoms with Crippen LogP contribution in [0.15, 0.2) is 18.2 Å². The first-order valence-electron chi connectivity index (χ1n) is 6.20. The normalized spacial score (nSPS) is 10.2. The third kappa shape index (κ3) is 4.67. The molecule has 1 aromatic carbocycles. The van der Waals surface area contributed by atoms with Gasteiger partial charge in [0, 0.05) is 30.8 Å². The van der Waals surface area contributed by atoms with E-state index in [4.69, 9.17) is 5.11 Å². The molecule has 0 atom stereocenters. The van der Waals surface area contributed by atoms with Gasteiger partial charge in [0.15, 0.2) is 0 Å². The Morgan fingerprint density at radius 3 is 2.74 bits per heavy atom. The Balaban J connectivity index is 2.61. The summed E-state index contributed by atoms with van der Waals surface area (Å²) in [6.07, 6.45) is 2.33. The molecule has 1 amide bonds. The molecule has 0 aromatic heterocycles. The second-order valence-corrected chi connectivity index (χ2v) is 4.30. The van der Waals surface area contributed by atoms with Crippen molar-refractivity contribution in [3.8, 4) is 0 Å². The van der Waals surface area contributed by atoms with Gasteiger partial charge in [-0.2, -0.15) is 0 Å². The van der Waals surface area contributed by atoms with E-state index in [2.05, 4.69) is 5.32 Å². The lowest BCUT2D eigenvalue weighted by molar-refractivity contribution is -0.384. The van der Waals surface area contributed by atoms with Crippen LogP contribution in [-0.2, 0) is 0 Å². The number of nitro benzene ring substituents is 1. The van der Waals surface area contributed by atoms with Gasteiger partial charge in [-0.15, -0.1) is 0 Å². The first-order valence-corrected chi connectivity index (χ1v) is 6.20. The van der Waals surface area contributed by atoms with Gasteiger partial charge in [-0.3, -0.25) is 14.9 Å². The number of carbonyl (C=O) groups is 1. The van der Waals surface area contributed by atoms with E-state index in [9.17, 15) is 14.9 Å². The SMILES string of the molecule is Cc1ccc([N+](=O)[O-])cc1C(=O)NCCCCCO. The van der Waals surface area contributed by atoms with E-state index in [-0.39, 0.29) is 18.2 Å². The van der Waals surface area contributed by atoms with E-state index in [0.29, 0.717) is 24.1 Å². The molecule has 19 heavy (non-hydrogen) atoms. The van der Waals surface area contributed by atoms with Crippen LogP contribution < -0.4 is 5.32 Å². The summed E-state index contributed by atoms with van der Waals surface area (Å²) in [5, 5.41) is 22.0. The molecule has 0 aliphatic carbocycles. The van der Waals surface area contributed by atoms with Crippen molar-refractivity contribution in [2.45, 2.75) is 26.2 Å². The number of unbranched alkanes of at least 4 members (excludes halogenated alkanes) is 2. The fourth-order valence-electron chi connectivity index (χ4n) is 1.68. The Hall–Kier alpha value is -1.95. The van der Waals surface area contributed by atoms with Crippen LogP contribution in [0.3, 0.4) is 0 Å². The summed E-state index contributed by atoms with van der Waals surface area (Å²) in [4.78, 5) is 22.0. The fourth-order valence-corrected chi connectivity index (χ4v) is 1.68. The van der Waals surface area contributed by atoms with Gasteiger partial charge in [-0.25, -0.2) is 0 Å². The van der Waals surface area contributed by atoms with Crippen molar-refractivity contribution < 1.29 is 14.8 Å². The minimum absolute atomic E-state index is 0.0870. The van der Waals surface area contributed by atoms with Crippen molar-refractivity contribution in [1.29, 1.82) is 0 Å². The van der Waals surface area contributed by atoms with Crippen LogP contribution in [0, 0.1) is 17.0 Å². The lowest BCUT2D eigenvalue weighted by Gasteiger charge is -2.07. The minimum Gasteiger partial charge on any atom is -0.396 e. The van der Waals surface area contributed by atoms with Gasteiger partial charge in [0.1, 0.15) is 0 Å². The number of aliphatic hydroxyl groups excluding tert-OH is 1. The van der Waals surface area contributed by atoms with Gasteiger partial charge in [0.25, 0.3) is 11.6 Å². The molecule has 6 nitrogen and oxygen atoms in total. The number of non-ortho nitro benzene ring substituents is 1. The summed E-state index contributed by atoms with van der Waals surface area (Å²) in [5.41, 5.74) is 0.950. The van der Waals surface area contributed by atoms with Crippen LogP contribution in [0.2, 0.25) is 0 Å². The summed E-state index contributed by atoms with van der Waals surface area (Å²) in [6.45, 7) is 2.39. The molecule has 1 rings (SSSR count). The topological polar surface area (TPSA) is 92.5 Å². The molecule has 0 bridgehead atoms. The molecular weight excluding hydrogens is 248 g/mol. The third-order valence-corrected chi connectivity index (χ3v) is 2.80. The molecular formula is C13H18N2O4. The van der Waals surface area contributed by atoms with E-state index in [1.165, 1.54) is 12.1 Å². The second-order valence-electron chi connectivity index (χ2n) is 4.30. The lowest BCUT2D eigenvalue weighted by Crippen LogP contribution is -2.25. The number of nitrogens with one attached hydrogen (secondary N) is 1. The van der Waals surface area contributed by atoms with Crippen molar-refractivity contribution >= 4 is 11.6 Å². The fraction of sp³-hybridized carbons (Fsp3) is 0.462. The lowest BCUT2D eigenvalue weighted by atomic mass is 10.1. The molecule has 0 saturated heterocycles. The van der Waals surface area contributed by atoms with Crippen LogP contribution in [0.25, 0.3) is 0 Å². The number of amides is 1. The maximum Gasteiger partial charge on any atom is 0.270 e. The highest BCUT2D eigenvalue weighted by atomic mass is 16.6. The zero-order valence-corrected chi connectivity index (χ0v) is 10.9. The zero-order chi connectivity index (χ0) is 14.3. The second kappa shape index (κ2) is 7.48. The van der Waals surface area contributed by atoms with E-state index in [0.717, 1.165) is 12.8 Å². The molecule has 6 heteroatoms. The summed E-state index contributed by atoms with van der Waals surface area (Å²) >= 11 is 0. The van der Waals surface area contributed by atoms with Crippen LogP contribution >= 0.6 is 0 Å². The van der Waals surface area contributed by atoms with E-state index < -0.39 is 4.92 Å². The maximum atomic E-state index is 11.9. The van der Waals surface area contributed by atoms with Crippen LogP contribution in [0.1, 0.15) is 35.2 Å². The number of benzene rings is 1. The first kappa shape index (κ1) is 15.1. The van der Waals surface area contributed by atoms with Crippen molar-refractivity contribution in [3.05, 3.63) is 39.4 Å². The first-order chi connectivity index (χ1) is 9.06. The number of hydrogen-bond donors (Lipinski definition) is 2. The van der Waals surface area contributed by atoms with E-state index in [1.54, 1.807) is 13.0 Å². The Morgan fingerprint density at radius 1 is 1.37 bits per heavy atom. The molecule has 104 valence electrons. The number of rotatable bonds is 7. The molecule has 1 aromatic rings. The number of nitrogens with zero attached hydrogens (tertiary/aromatic N) is 1. The molecule has 0 radical (unpaired) electrons. The highest BCUT2D eigenvalue weighted by Gasteiger charge is 2.13. The largest absolute Gasteiger partial charge is 0.396 e. The van der Waals surface area contributed by atoms with Gasteiger partial charge in [0.05, 0.1) is 4.92 Å². The van der Waals surface area contributed by atoms with Gasteiger partial charge >= 0.3 is 0 Å². The third-order valence-electron chi connectivity index (χ3n) is 2.80. The van der Waals surface area contributed by atoms with Crippen molar-refractivity contribution in [1.82, 2.24) is 5.32 Å². The number of carbonyl (C=O) groups excluding carboxylic acids is 1. The predicted molar refractivity (Wildman–Crippen MR) is 71.1 cm³/mol. The van der Waals surface area contributed by atoms with Crippen LogP contribution in [0.5, 0.6) is 0 Å². The standard InChI is InChI=1S/C13H18N2O4/c1-10-5-6-11(15(18)19)9-12(10)13(17)14-7-3-2-4-8-16/h5-6,9,16H,2-4,7-8H2,1H3,(H,14,17). The van der Waals surface area contributed by atoms with Crippen molar-refractivity contribution in [2.24, 2.45) is 0 Å². The Kier molecular flexibility index (Phi) is 5.95. The Labute approximate surface area is 111 Å². The Morgan fingerprint density at radius 2 is 2.11 bits per heavy atom. The Bertz CT molecular complexity index is 460. The number of aliphatic hydroxyl groups is 1. The quantitative estimate of drug-likeness (QED) is 0.447. The summed E-state index contributed by atoms with van der Waals surface area (Å²) in [6, 6.07) is 4.24. The van der Waals surface area contributed by atoms with Gasteiger partial charge in [0.2, 0.25) is 0 Å². The molecule has 0 saturated carbocycles. The average molecular weight is 266 g/mol. The van der Waals surface area contributed by atoms with Crippen LogP contribution in [-0.4, -0.2) is 29.1 Å². The molecule has 0 heterocycles. The smallest absolute Gasteiger partial charge is 0.270 e. The number of aryl methyl sites for hydroxylation is 1. The molecule has 0 aliphatic rings. The van der Waals surface area contributed by atoms with E-state index in [1.807, 2.05) is 0 Å². The van der Waals surface area contributed by atoms with E-state index >= 15 is 0 Å². The summed E-state index contributed by atoms with van der Waals surface area (Å²) < 4.78 is 0. The number of hydrogen-bond acceptors (Lipinski definition) is 4. The molecule has 0 aliphatic heterocycles. The molecule has 2 N–H and O–H groups in total. The highest BCUT2D eigenvalue weighted by molar-refractivity contribution is 5.96. The zero-order valence-electron chi connectivity index (χ0n) is 10.9. The molecule has 0 fully saturated rings. The monoisotopic (exact) mass is 266 g/mol. The predicted octanol–water partition coefficient (Wildman–Crippen LogP) is 1.80. The van der Waals surface area contributed by atoms with Gasteiger partial charge in [-0.1, -0.05) is 6.07 Å². The summed E-state index contributed by atoms with van der Waals surface area (Å²) in [5.74, 6) is -0.301. The summed E-state index contributed by atoms with van der Waals surface area (Å²) in [7, 11) is 0. The van der Waals surface area contributed by atoms with Crippen molar-refractivity contribution in [3.63, 3.8) is 0 Å². The average Bonchev–Trinajstić information content (AvgIpc) is 2.38. The minimum atomic E-state index is -0.516. The maximum absolute atomic E-state index is 11.9. The van der Waals surface area contributed by atoms with Gasteiger partial charge < -0.3 is 10.4 Å². The molecule has 0 spiro atoms. The van der Waals surface area contributed by atoms with Crippen LogP contribution in [0.4, 0.5) is 5.69 Å². The van der Waals surface area contributed by atoms with Crippen molar-refractivity contribution in [2.75, 3.05) is 13.2 Å². The van der Waals surface area contributed by atoms with Gasteiger partial charge in [-0.05, 0) is 31.7 Å². The molecule has 0 unspecified atom stereocenters.